The molecule has 1 aliphatic rings. The summed E-state index contributed by atoms with van der Waals surface area (Å²) in [7, 11) is 0. The molecule has 1 aliphatic carbocycles. The van der Waals surface area contributed by atoms with Crippen molar-refractivity contribution >= 4 is 40.6 Å². The second kappa shape index (κ2) is 9.51. The fourth-order valence-corrected chi connectivity index (χ4v) is 5.09. The molecule has 1 aromatic heterocycles. The summed E-state index contributed by atoms with van der Waals surface area (Å²) in [4.78, 5) is 42.8. The molecule has 0 saturated carbocycles. The van der Waals surface area contributed by atoms with E-state index in [1.807, 2.05) is 30.3 Å². The first-order chi connectivity index (χ1) is 14.4. The molecule has 0 fully saturated rings. The van der Waals surface area contributed by atoms with E-state index in [4.69, 9.17) is 5.73 Å². The predicted molar refractivity (Wildman–Crippen MR) is 119 cm³/mol. The molecule has 3 N–H and O–H groups in total. The van der Waals surface area contributed by atoms with Crippen LogP contribution in [0.5, 0.6) is 0 Å². The van der Waals surface area contributed by atoms with E-state index in [-0.39, 0.29) is 18.0 Å². The van der Waals surface area contributed by atoms with Crippen LogP contribution in [-0.2, 0) is 15.0 Å². The van der Waals surface area contributed by atoms with Gasteiger partial charge < -0.3 is 10.8 Å². The maximum absolute atomic E-state index is 13.7. The Morgan fingerprint density at radius 2 is 2.00 bits per heavy atom. The highest BCUT2D eigenvalue weighted by molar-refractivity contribution is 7.99. The maximum atomic E-state index is 13.7. The van der Waals surface area contributed by atoms with Gasteiger partial charge in [0, 0.05) is 11.6 Å². The number of nitrogens with zero attached hydrogens (tertiary/aromatic N) is 1. The summed E-state index contributed by atoms with van der Waals surface area (Å²) in [6, 6.07) is 7.99. The third-order valence-corrected chi connectivity index (χ3v) is 6.98. The molecular weight excluding hydrogens is 420 g/mol. The average Bonchev–Trinajstić information content (AvgIpc) is 3.31. The van der Waals surface area contributed by atoms with Gasteiger partial charge >= 0.3 is 5.97 Å². The van der Waals surface area contributed by atoms with Crippen LogP contribution >= 0.6 is 23.1 Å². The van der Waals surface area contributed by atoms with Crippen LogP contribution in [0.4, 0.5) is 0 Å². The van der Waals surface area contributed by atoms with E-state index in [9.17, 15) is 19.5 Å². The molecular formula is C22H22N2O4S2. The van der Waals surface area contributed by atoms with Crippen molar-refractivity contribution in [3.05, 3.63) is 76.8 Å². The predicted octanol–water partition coefficient (Wildman–Crippen LogP) is 3.11. The number of ketones is 2. The Hall–Kier alpha value is -2.55. The summed E-state index contributed by atoms with van der Waals surface area (Å²) in [6.45, 7) is 0. The number of nitrogens with two attached hydrogens (primary N) is 1. The molecule has 1 heterocycles. The number of aliphatic carboxylic acids is 1. The summed E-state index contributed by atoms with van der Waals surface area (Å²) in [5.74, 6) is -2.45. The highest BCUT2D eigenvalue weighted by atomic mass is 32.2. The number of hydrogen-bond acceptors (Lipinski definition) is 7. The minimum absolute atomic E-state index is 0.0142. The maximum Gasteiger partial charge on any atom is 0.320 e. The topological polar surface area (TPSA) is 110 Å². The Morgan fingerprint density at radius 1 is 1.27 bits per heavy atom. The molecule has 0 saturated heterocycles. The zero-order chi connectivity index (χ0) is 21.7. The standard InChI is InChI=1S/C22H22N2O4S2/c1-29-17(13-16(23)21(27)28)18(25)15-9-5-6-10-22(15,14-7-3-2-4-8-14)19(26)20-24-11-12-30-20/h2-12,15-17H,13,23H2,1H3,(H,27,28). The van der Waals surface area contributed by atoms with Crippen molar-refractivity contribution < 1.29 is 19.5 Å². The molecule has 4 unspecified atom stereocenters. The number of benzene rings is 1. The Bertz CT molecular complexity index is 972. The van der Waals surface area contributed by atoms with E-state index in [1.54, 1.807) is 42.1 Å². The van der Waals surface area contributed by atoms with Gasteiger partial charge in [-0.2, -0.15) is 11.8 Å². The van der Waals surface area contributed by atoms with Crippen molar-refractivity contribution in [2.75, 3.05) is 6.26 Å². The van der Waals surface area contributed by atoms with Gasteiger partial charge in [0.1, 0.15) is 6.04 Å². The minimum atomic E-state index is -1.26. The van der Waals surface area contributed by atoms with Crippen LogP contribution in [0.15, 0.2) is 66.2 Å². The molecule has 0 radical (unpaired) electrons. The number of thioether (sulfide) groups is 1. The number of carboxylic acids is 1. The molecule has 30 heavy (non-hydrogen) atoms. The molecule has 8 heteroatoms. The third kappa shape index (κ3) is 4.16. The zero-order valence-electron chi connectivity index (χ0n) is 16.3. The van der Waals surface area contributed by atoms with Gasteiger partial charge in [0.2, 0.25) is 5.78 Å². The SMILES string of the molecule is CSC(CC(N)C(=O)O)C(=O)C1C=CC=CC1(C(=O)c1nccs1)c1ccccc1. The lowest BCUT2D eigenvalue weighted by Gasteiger charge is -2.38. The van der Waals surface area contributed by atoms with E-state index < -0.39 is 28.6 Å². The monoisotopic (exact) mass is 442 g/mol. The number of Topliss-reactive ketones (excluding diaryl/α,β-unsaturated/α-hetero) is 2. The summed E-state index contributed by atoms with van der Waals surface area (Å²) >= 11 is 2.47. The highest BCUT2D eigenvalue weighted by Crippen LogP contribution is 2.43. The van der Waals surface area contributed by atoms with Gasteiger partial charge in [-0.05, 0) is 18.2 Å². The van der Waals surface area contributed by atoms with Crippen molar-refractivity contribution in [2.45, 2.75) is 23.1 Å². The van der Waals surface area contributed by atoms with Crippen molar-refractivity contribution in [3.63, 3.8) is 0 Å². The highest BCUT2D eigenvalue weighted by Gasteiger charge is 2.50. The van der Waals surface area contributed by atoms with Gasteiger partial charge in [-0.15, -0.1) is 11.3 Å². The molecule has 4 atom stereocenters. The minimum Gasteiger partial charge on any atom is -0.480 e. The van der Waals surface area contributed by atoms with Crippen LogP contribution in [0.3, 0.4) is 0 Å². The number of carbonyl (C=O) groups excluding carboxylic acids is 2. The van der Waals surface area contributed by atoms with E-state index in [2.05, 4.69) is 4.98 Å². The van der Waals surface area contributed by atoms with Gasteiger partial charge in [0.25, 0.3) is 0 Å². The Morgan fingerprint density at radius 3 is 2.60 bits per heavy atom. The van der Waals surface area contributed by atoms with Crippen LogP contribution < -0.4 is 5.73 Å². The molecule has 2 aromatic rings. The van der Waals surface area contributed by atoms with Crippen molar-refractivity contribution in [1.82, 2.24) is 4.98 Å². The molecule has 3 rings (SSSR count). The van der Waals surface area contributed by atoms with Gasteiger partial charge in [-0.1, -0.05) is 54.6 Å². The normalized spacial score (nSPS) is 22.4. The van der Waals surface area contributed by atoms with E-state index in [0.29, 0.717) is 10.6 Å². The Kier molecular flexibility index (Phi) is 7.02. The number of rotatable bonds is 9. The quantitative estimate of drug-likeness (QED) is 0.574. The first-order valence-corrected chi connectivity index (χ1v) is 11.5. The Balaban J connectivity index is 2.09. The molecule has 156 valence electrons. The van der Waals surface area contributed by atoms with Gasteiger partial charge in [0.05, 0.1) is 16.6 Å². The number of thiazole rings is 1. The molecule has 0 amide bonds. The third-order valence-electron chi connectivity index (χ3n) is 5.21. The molecule has 0 aliphatic heterocycles. The molecule has 0 spiro atoms. The number of carbonyl (C=O) groups is 3. The van der Waals surface area contributed by atoms with Crippen LogP contribution in [0.25, 0.3) is 0 Å². The lowest BCUT2D eigenvalue weighted by atomic mass is 9.63. The zero-order valence-corrected chi connectivity index (χ0v) is 17.9. The smallest absolute Gasteiger partial charge is 0.320 e. The van der Waals surface area contributed by atoms with Crippen LogP contribution in [0.2, 0.25) is 0 Å². The van der Waals surface area contributed by atoms with E-state index >= 15 is 0 Å². The van der Waals surface area contributed by atoms with Gasteiger partial charge in [0.15, 0.2) is 10.8 Å². The van der Waals surface area contributed by atoms with Gasteiger partial charge in [-0.25, -0.2) is 4.98 Å². The Labute approximate surface area is 182 Å². The summed E-state index contributed by atoms with van der Waals surface area (Å²) < 4.78 is 0. The fraction of sp³-hybridized carbons (Fsp3) is 0.273. The first-order valence-electron chi connectivity index (χ1n) is 9.32. The first kappa shape index (κ1) is 22.1. The number of carboxylic acid groups (broad SMARTS) is 1. The summed E-state index contributed by atoms with van der Waals surface area (Å²) in [5, 5.41) is 10.6. The second-order valence-corrected chi connectivity index (χ2v) is 8.87. The van der Waals surface area contributed by atoms with Crippen LogP contribution in [0, 0.1) is 5.92 Å². The van der Waals surface area contributed by atoms with Crippen molar-refractivity contribution in [2.24, 2.45) is 11.7 Å². The summed E-state index contributed by atoms with van der Waals surface area (Å²) in [6.07, 6.45) is 10.3. The number of allylic oxidation sites excluding steroid dienone is 4. The van der Waals surface area contributed by atoms with E-state index in [0.717, 1.165) is 0 Å². The fourth-order valence-electron chi connectivity index (χ4n) is 3.67. The number of hydrogen-bond donors (Lipinski definition) is 2. The number of aromatic nitrogens is 1. The largest absolute Gasteiger partial charge is 0.480 e. The van der Waals surface area contributed by atoms with Crippen LogP contribution in [0.1, 0.15) is 21.8 Å². The van der Waals surface area contributed by atoms with Crippen molar-refractivity contribution in [3.8, 4) is 0 Å². The van der Waals surface area contributed by atoms with Crippen molar-refractivity contribution in [1.29, 1.82) is 0 Å². The lowest BCUT2D eigenvalue weighted by molar-refractivity contribution is -0.138. The van der Waals surface area contributed by atoms with Gasteiger partial charge in [-0.3, -0.25) is 14.4 Å². The molecule has 0 bridgehead atoms. The molecule has 1 aromatic carbocycles. The second-order valence-electron chi connectivity index (χ2n) is 6.93. The molecule has 6 nitrogen and oxygen atoms in total. The average molecular weight is 443 g/mol. The summed E-state index contributed by atoms with van der Waals surface area (Å²) in [5.41, 5.74) is 5.13. The van der Waals surface area contributed by atoms with E-state index in [1.165, 1.54) is 23.1 Å². The van der Waals surface area contributed by atoms with Crippen LogP contribution in [-0.4, -0.2) is 45.2 Å². The lowest BCUT2D eigenvalue weighted by Crippen LogP contribution is -2.48.